The Kier molecular flexibility index (Phi) is 5.81. The van der Waals surface area contributed by atoms with Crippen molar-refractivity contribution in [1.29, 1.82) is 0 Å². The van der Waals surface area contributed by atoms with Gasteiger partial charge in [-0.15, -0.1) is 10.2 Å². The quantitative estimate of drug-likeness (QED) is 0.586. The molecular weight excluding hydrogens is 335 g/mol. The lowest BCUT2D eigenvalue weighted by molar-refractivity contribution is 0.496. The van der Waals surface area contributed by atoms with Gasteiger partial charge < -0.3 is 4.57 Å². The Morgan fingerprint density at radius 3 is 2.60 bits per heavy atom. The smallest absolute Gasteiger partial charge is 0.191 e. The van der Waals surface area contributed by atoms with Crippen LogP contribution in [0.4, 0.5) is 4.39 Å². The summed E-state index contributed by atoms with van der Waals surface area (Å²) in [5.74, 6) is 1.58. The maximum atomic E-state index is 14.2. The standard InChI is InChI=1S/C19H21FN4S/c1-14(2)13-24-18(16-8-3-4-9-17(16)20)22-23-19(24)25-12-10-15-7-5-6-11-21-15/h3-9,11,14H,10,12-13H2,1-2H3. The van der Waals surface area contributed by atoms with Crippen LogP contribution in [0, 0.1) is 11.7 Å². The fourth-order valence-corrected chi connectivity index (χ4v) is 3.47. The highest BCUT2D eigenvalue weighted by molar-refractivity contribution is 7.99. The summed E-state index contributed by atoms with van der Waals surface area (Å²) in [6.45, 7) is 5.02. The highest BCUT2D eigenvalue weighted by Gasteiger charge is 2.17. The lowest BCUT2D eigenvalue weighted by Gasteiger charge is -2.12. The SMILES string of the molecule is CC(C)Cn1c(SCCc2ccccn2)nnc1-c1ccccc1F. The lowest BCUT2D eigenvalue weighted by Crippen LogP contribution is -2.08. The molecule has 0 bridgehead atoms. The number of pyridine rings is 1. The van der Waals surface area contributed by atoms with Gasteiger partial charge in [-0.25, -0.2) is 4.39 Å². The second kappa shape index (κ2) is 8.25. The van der Waals surface area contributed by atoms with Crippen molar-refractivity contribution in [1.82, 2.24) is 19.7 Å². The molecule has 2 heterocycles. The van der Waals surface area contributed by atoms with Crippen LogP contribution < -0.4 is 0 Å². The Hall–Kier alpha value is -2.21. The molecule has 6 heteroatoms. The molecule has 0 aliphatic rings. The molecule has 0 aliphatic heterocycles. The van der Waals surface area contributed by atoms with Crippen molar-refractivity contribution in [2.45, 2.75) is 32.0 Å². The summed E-state index contributed by atoms with van der Waals surface area (Å²) in [6, 6.07) is 12.6. The summed E-state index contributed by atoms with van der Waals surface area (Å²) in [4.78, 5) is 4.34. The third-order valence-corrected chi connectivity index (χ3v) is 4.66. The number of aromatic nitrogens is 4. The number of hydrogen-bond donors (Lipinski definition) is 0. The Balaban J connectivity index is 1.80. The number of hydrogen-bond acceptors (Lipinski definition) is 4. The highest BCUT2D eigenvalue weighted by atomic mass is 32.2. The second-order valence-corrected chi connectivity index (χ2v) is 7.27. The number of aryl methyl sites for hydroxylation is 1. The van der Waals surface area contributed by atoms with Crippen LogP contribution in [0.25, 0.3) is 11.4 Å². The minimum Gasteiger partial charge on any atom is -0.302 e. The van der Waals surface area contributed by atoms with Gasteiger partial charge in [-0.1, -0.05) is 43.8 Å². The Bertz CT molecular complexity index is 817. The zero-order valence-electron chi connectivity index (χ0n) is 14.4. The van der Waals surface area contributed by atoms with Gasteiger partial charge in [0.05, 0.1) is 5.56 Å². The number of benzene rings is 1. The number of nitrogens with zero attached hydrogens (tertiary/aromatic N) is 4. The van der Waals surface area contributed by atoms with E-state index in [0.717, 1.165) is 29.6 Å². The van der Waals surface area contributed by atoms with Crippen molar-refractivity contribution in [2.75, 3.05) is 5.75 Å². The van der Waals surface area contributed by atoms with Crippen LogP contribution in [0.15, 0.2) is 53.8 Å². The van der Waals surface area contributed by atoms with E-state index >= 15 is 0 Å². The molecule has 4 nitrogen and oxygen atoms in total. The van der Waals surface area contributed by atoms with Crippen LogP contribution in [0.3, 0.4) is 0 Å². The Morgan fingerprint density at radius 2 is 1.88 bits per heavy atom. The summed E-state index contributed by atoms with van der Waals surface area (Å²) in [7, 11) is 0. The molecule has 0 unspecified atom stereocenters. The van der Waals surface area contributed by atoms with Gasteiger partial charge in [0.15, 0.2) is 11.0 Å². The van der Waals surface area contributed by atoms with Crippen LogP contribution >= 0.6 is 11.8 Å². The van der Waals surface area contributed by atoms with Gasteiger partial charge in [0.25, 0.3) is 0 Å². The molecule has 3 aromatic rings. The van der Waals surface area contributed by atoms with E-state index in [2.05, 4.69) is 29.0 Å². The van der Waals surface area contributed by atoms with Gasteiger partial charge >= 0.3 is 0 Å². The first-order valence-corrected chi connectivity index (χ1v) is 9.34. The molecule has 0 amide bonds. The average molecular weight is 356 g/mol. The number of halogens is 1. The van der Waals surface area contributed by atoms with Crippen molar-refractivity contribution in [3.8, 4) is 11.4 Å². The largest absolute Gasteiger partial charge is 0.302 e. The maximum absolute atomic E-state index is 14.2. The molecule has 2 aromatic heterocycles. The van der Waals surface area contributed by atoms with Crippen LogP contribution in [0.2, 0.25) is 0 Å². The van der Waals surface area contributed by atoms with E-state index in [4.69, 9.17) is 0 Å². The van der Waals surface area contributed by atoms with E-state index in [1.807, 2.05) is 28.8 Å². The highest BCUT2D eigenvalue weighted by Crippen LogP contribution is 2.27. The van der Waals surface area contributed by atoms with E-state index in [1.54, 1.807) is 30.1 Å². The van der Waals surface area contributed by atoms with Crippen molar-refractivity contribution in [3.63, 3.8) is 0 Å². The Morgan fingerprint density at radius 1 is 1.08 bits per heavy atom. The van der Waals surface area contributed by atoms with Gasteiger partial charge in [-0.05, 0) is 36.6 Å². The monoisotopic (exact) mass is 356 g/mol. The second-order valence-electron chi connectivity index (χ2n) is 6.21. The first-order valence-electron chi connectivity index (χ1n) is 8.36. The lowest BCUT2D eigenvalue weighted by atomic mass is 10.2. The predicted molar refractivity (Wildman–Crippen MR) is 98.9 cm³/mol. The van der Waals surface area contributed by atoms with Crippen molar-refractivity contribution in [2.24, 2.45) is 5.92 Å². The third-order valence-electron chi connectivity index (χ3n) is 3.69. The molecule has 1 aromatic carbocycles. The number of thioether (sulfide) groups is 1. The molecule has 25 heavy (non-hydrogen) atoms. The zero-order chi connectivity index (χ0) is 17.6. The van der Waals surface area contributed by atoms with Crippen LogP contribution in [0.1, 0.15) is 19.5 Å². The van der Waals surface area contributed by atoms with E-state index in [0.29, 0.717) is 17.3 Å². The molecule has 0 aliphatic carbocycles. The summed E-state index contributed by atoms with van der Waals surface area (Å²) in [5, 5.41) is 9.39. The first kappa shape index (κ1) is 17.6. The Labute approximate surface area is 151 Å². The molecule has 0 saturated heterocycles. The van der Waals surface area contributed by atoms with Gasteiger partial charge in [0, 0.05) is 24.2 Å². The zero-order valence-corrected chi connectivity index (χ0v) is 15.2. The van der Waals surface area contributed by atoms with Crippen LogP contribution in [-0.2, 0) is 13.0 Å². The number of rotatable bonds is 7. The van der Waals surface area contributed by atoms with Gasteiger partial charge in [0.2, 0.25) is 0 Å². The topological polar surface area (TPSA) is 43.6 Å². The molecule has 0 saturated carbocycles. The minimum atomic E-state index is -0.273. The molecule has 3 rings (SSSR count). The summed E-state index contributed by atoms with van der Waals surface area (Å²) >= 11 is 1.63. The van der Waals surface area contributed by atoms with Crippen LogP contribution in [-0.4, -0.2) is 25.5 Å². The molecule has 130 valence electrons. The summed E-state index contributed by atoms with van der Waals surface area (Å²) in [5.41, 5.74) is 1.55. The molecule has 0 fully saturated rings. The minimum absolute atomic E-state index is 0.273. The van der Waals surface area contributed by atoms with E-state index in [-0.39, 0.29) is 5.82 Å². The van der Waals surface area contributed by atoms with E-state index in [9.17, 15) is 4.39 Å². The van der Waals surface area contributed by atoms with Crippen molar-refractivity contribution < 1.29 is 4.39 Å². The molecule has 0 radical (unpaired) electrons. The summed E-state index contributed by atoms with van der Waals surface area (Å²) in [6.07, 6.45) is 2.66. The third kappa shape index (κ3) is 4.45. The molecule has 0 spiro atoms. The van der Waals surface area contributed by atoms with Gasteiger partial charge in [0.1, 0.15) is 5.82 Å². The van der Waals surface area contributed by atoms with Gasteiger partial charge in [-0.2, -0.15) is 0 Å². The normalized spacial score (nSPS) is 11.2. The maximum Gasteiger partial charge on any atom is 0.191 e. The van der Waals surface area contributed by atoms with E-state index in [1.165, 1.54) is 6.07 Å². The fraction of sp³-hybridized carbons (Fsp3) is 0.316. The average Bonchev–Trinajstić information content (AvgIpc) is 2.98. The fourth-order valence-electron chi connectivity index (χ4n) is 2.56. The predicted octanol–water partition coefficient (Wildman–Crippen LogP) is 4.47. The van der Waals surface area contributed by atoms with E-state index < -0.39 is 0 Å². The van der Waals surface area contributed by atoms with Crippen LogP contribution in [0.5, 0.6) is 0 Å². The summed E-state index contributed by atoms with van der Waals surface area (Å²) < 4.78 is 16.2. The van der Waals surface area contributed by atoms with Gasteiger partial charge in [-0.3, -0.25) is 4.98 Å². The molecule has 0 N–H and O–H groups in total. The first-order chi connectivity index (χ1) is 12.1. The van der Waals surface area contributed by atoms with Crippen molar-refractivity contribution >= 4 is 11.8 Å². The van der Waals surface area contributed by atoms with Crippen molar-refractivity contribution in [3.05, 3.63) is 60.2 Å². The molecule has 0 atom stereocenters. The molecular formula is C19H21FN4S.